The molecule has 1 saturated heterocycles. The standard InChI is InChI=1S/C17H18ClFN2O3S2/c18-15-12-14(4-5-16(15)19)26(23,24)21-9-7-20(8-10-21)17(22)6-3-13-2-1-11-25-13/h1-2,4-5,11-12H,3,6-10H2. The van der Waals surface area contributed by atoms with Gasteiger partial charge in [0, 0.05) is 37.5 Å². The number of thiophene rings is 1. The Morgan fingerprint density at radius 1 is 1.19 bits per heavy atom. The third-order valence-electron chi connectivity index (χ3n) is 4.29. The van der Waals surface area contributed by atoms with Gasteiger partial charge in [0.2, 0.25) is 15.9 Å². The summed E-state index contributed by atoms with van der Waals surface area (Å²) in [6, 6.07) is 7.31. The number of hydrogen-bond donors (Lipinski definition) is 0. The van der Waals surface area contributed by atoms with Crippen LogP contribution in [0.25, 0.3) is 0 Å². The number of rotatable bonds is 5. The van der Waals surface area contributed by atoms with E-state index in [-0.39, 0.29) is 28.9 Å². The maximum atomic E-state index is 13.3. The molecule has 0 bridgehead atoms. The highest BCUT2D eigenvalue weighted by Gasteiger charge is 2.30. The van der Waals surface area contributed by atoms with Gasteiger partial charge in [-0.05, 0) is 36.1 Å². The number of benzene rings is 1. The van der Waals surface area contributed by atoms with E-state index in [4.69, 9.17) is 11.6 Å². The van der Waals surface area contributed by atoms with Crippen molar-refractivity contribution in [1.29, 1.82) is 0 Å². The van der Waals surface area contributed by atoms with Crippen LogP contribution in [0.2, 0.25) is 5.02 Å². The molecular weight excluding hydrogens is 399 g/mol. The summed E-state index contributed by atoms with van der Waals surface area (Å²) in [4.78, 5) is 15.1. The summed E-state index contributed by atoms with van der Waals surface area (Å²) in [7, 11) is -3.75. The van der Waals surface area contributed by atoms with E-state index in [1.165, 1.54) is 10.4 Å². The first-order chi connectivity index (χ1) is 12.4. The van der Waals surface area contributed by atoms with Gasteiger partial charge >= 0.3 is 0 Å². The van der Waals surface area contributed by atoms with Crippen molar-refractivity contribution in [3.05, 3.63) is 51.4 Å². The van der Waals surface area contributed by atoms with Gasteiger partial charge in [-0.15, -0.1) is 11.3 Å². The predicted molar refractivity (Wildman–Crippen MR) is 99.4 cm³/mol. The van der Waals surface area contributed by atoms with Crippen molar-refractivity contribution in [2.45, 2.75) is 17.7 Å². The molecule has 26 heavy (non-hydrogen) atoms. The zero-order chi connectivity index (χ0) is 18.7. The Kier molecular flexibility index (Phi) is 5.96. The number of aryl methyl sites for hydroxylation is 1. The zero-order valence-corrected chi connectivity index (χ0v) is 16.3. The van der Waals surface area contributed by atoms with E-state index in [9.17, 15) is 17.6 Å². The first-order valence-electron chi connectivity index (χ1n) is 8.13. The van der Waals surface area contributed by atoms with Crippen LogP contribution in [0.1, 0.15) is 11.3 Å². The van der Waals surface area contributed by atoms with E-state index in [0.29, 0.717) is 25.9 Å². The van der Waals surface area contributed by atoms with Crippen molar-refractivity contribution in [1.82, 2.24) is 9.21 Å². The van der Waals surface area contributed by atoms with E-state index >= 15 is 0 Å². The van der Waals surface area contributed by atoms with Crippen molar-refractivity contribution in [2.24, 2.45) is 0 Å². The lowest BCUT2D eigenvalue weighted by Crippen LogP contribution is -2.50. The average Bonchev–Trinajstić information content (AvgIpc) is 3.15. The van der Waals surface area contributed by atoms with Gasteiger partial charge in [-0.2, -0.15) is 4.31 Å². The molecule has 2 heterocycles. The van der Waals surface area contributed by atoms with Gasteiger partial charge in [-0.25, -0.2) is 12.8 Å². The summed E-state index contributed by atoms with van der Waals surface area (Å²) in [5.74, 6) is -0.632. The highest BCUT2D eigenvalue weighted by Crippen LogP contribution is 2.23. The first-order valence-corrected chi connectivity index (χ1v) is 10.8. The third kappa shape index (κ3) is 4.25. The number of carbonyl (C=O) groups excluding carboxylic acids is 1. The van der Waals surface area contributed by atoms with Crippen LogP contribution >= 0.6 is 22.9 Å². The van der Waals surface area contributed by atoms with Gasteiger partial charge in [0.15, 0.2) is 0 Å². The molecular formula is C17H18ClFN2O3S2. The fourth-order valence-electron chi connectivity index (χ4n) is 2.81. The summed E-state index contributed by atoms with van der Waals surface area (Å²) in [5.41, 5.74) is 0. The Morgan fingerprint density at radius 2 is 1.92 bits per heavy atom. The quantitative estimate of drug-likeness (QED) is 0.752. The number of nitrogens with zero attached hydrogens (tertiary/aromatic N) is 2. The highest BCUT2D eigenvalue weighted by molar-refractivity contribution is 7.89. The molecule has 1 amide bonds. The molecule has 0 atom stereocenters. The Balaban J connectivity index is 1.58. The molecule has 1 fully saturated rings. The molecule has 1 aliphatic rings. The minimum Gasteiger partial charge on any atom is -0.340 e. The van der Waals surface area contributed by atoms with E-state index in [2.05, 4.69) is 0 Å². The fourth-order valence-corrected chi connectivity index (χ4v) is 5.21. The maximum absolute atomic E-state index is 13.3. The Morgan fingerprint density at radius 3 is 2.54 bits per heavy atom. The van der Waals surface area contributed by atoms with E-state index in [1.54, 1.807) is 16.2 Å². The van der Waals surface area contributed by atoms with Crippen LogP contribution in [0.3, 0.4) is 0 Å². The SMILES string of the molecule is O=C(CCc1cccs1)N1CCN(S(=O)(=O)c2ccc(F)c(Cl)c2)CC1. The molecule has 1 aliphatic heterocycles. The molecule has 5 nitrogen and oxygen atoms in total. The Hall–Kier alpha value is -1.48. The number of piperazine rings is 1. The second kappa shape index (κ2) is 8.04. The summed E-state index contributed by atoms with van der Waals surface area (Å²) in [5, 5.41) is 1.75. The number of hydrogen-bond acceptors (Lipinski definition) is 4. The first kappa shape index (κ1) is 19.3. The maximum Gasteiger partial charge on any atom is 0.243 e. The summed E-state index contributed by atoms with van der Waals surface area (Å²) < 4.78 is 39.9. The van der Waals surface area contributed by atoms with Crippen LogP contribution in [0.15, 0.2) is 40.6 Å². The van der Waals surface area contributed by atoms with Crippen molar-refractivity contribution >= 4 is 38.9 Å². The second-order valence-electron chi connectivity index (χ2n) is 5.94. The molecule has 0 radical (unpaired) electrons. The topological polar surface area (TPSA) is 57.7 Å². The summed E-state index contributed by atoms with van der Waals surface area (Å²) >= 11 is 7.31. The van der Waals surface area contributed by atoms with Crippen molar-refractivity contribution in [3.8, 4) is 0 Å². The monoisotopic (exact) mass is 416 g/mol. The number of halogens is 2. The van der Waals surface area contributed by atoms with Crippen LogP contribution in [0.5, 0.6) is 0 Å². The Labute approximate surface area is 161 Å². The zero-order valence-electron chi connectivity index (χ0n) is 13.9. The lowest BCUT2D eigenvalue weighted by molar-refractivity contribution is -0.132. The molecule has 1 aromatic heterocycles. The van der Waals surface area contributed by atoms with Crippen LogP contribution in [0, 0.1) is 5.82 Å². The molecule has 3 rings (SSSR count). The van der Waals surface area contributed by atoms with Crippen LogP contribution in [-0.2, 0) is 21.2 Å². The Bertz CT molecular complexity index is 879. The van der Waals surface area contributed by atoms with E-state index in [1.807, 2.05) is 17.5 Å². The van der Waals surface area contributed by atoms with E-state index in [0.717, 1.165) is 17.0 Å². The minimum absolute atomic E-state index is 0.0280. The smallest absolute Gasteiger partial charge is 0.243 e. The molecule has 0 aliphatic carbocycles. The molecule has 0 N–H and O–H groups in total. The van der Waals surface area contributed by atoms with Crippen LogP contribution in [-0.4, -0.2) is 49.7 Å². The van der Waals surface area contributed by atoms with E-state index < -0.39 is 15.8 Å². The molecule has 2 aromatic rings. The normalized spacial score (nSPS) is 16.0. The van der Waals surface area contributed by atoms with Gasteiger partial charge in [-0.1, -0.05) is 17.7 Å². The number of sulfonamides is 1. The predicted octanol–water partition coefficient (Wildman–Crippen LogP) is 3.01. The molecule has 0 saturated carbocycles. The van der Waals surface area contributed by atoms with Gasteiger partial charge in [-0.3, -0.25) is 4.79 Å². The van der Waals surface area contributed by atoms with Crippen molar-refractivity contribution in [2.75, 3.05) is 26.2 Å². The average molecular weight is 417 g/mol. The van der Waals surface area contributed by atoms with Crippen molar-refractivity contribution < 1.29 is 17.6 Å². The second-order valence-corrected chi connectivity index (χ2v) is 9.32. The van der Waals surface area contributed by atoms with Crippen LogP contribution in [0.4, 0.5) is 4.39 Å². The van der Waals surface area contributed by atoms with Gasteiger partial charge in [0.25, 0.3) is 0 Å². The lowest BCUT2D eigenvalue weighted by atomic mass is 10.2. The molecule has 0 spiro atoms. The van der Waals surface area contributed by atoms with Gasteiger partial charge < -0.3 is 4.90 Å². The highest BCUT2D eigenvalue weighted by atomic mass is 35.5. The minimum atomic E-state index is -3.75. The van der Waals surface area contributed by atoms with Gasteiger partial charge in [0.05, 0.1) is 9.92 Å². The number of carbonyl (C=O) groups is 1. The van der Waals surface area contributed by atoms with Crippen LogP contribution < -0.4 is 0 Å². The molecule has 0 unspecified atom stereocenters. The third-order valence-corrected chi connectivity index (χ3v) is 7.41. The lowest BCUT2D eigenvalue weighted by Gasteiger charge is -2.34. The largest absolute Gasteiger partial charge is 0.340 e. The molecule has 1 aromatic carbocycles. The van der Waals surface area contributed by atoms with Crippen molar-refractivity contribution in [3.63, 3.8) is 0 Å². The summed E-state index contributed by atoms with van der Waals surface area (Å²) in [6.07, 6.45) is 1.12. The number of amides is 1. The molecule has 140 valence electrons. The fraction of sp³-hybridized carbons (Fsp3) is 0.353. The van der Waals surface area contributed by atoms with Gasteiger partial charge in [0.1, 0.15) is 5.82 Å². The molecule has 9 heteroatoms. The summed E-state index contributed by atoms with van der Waals surface area (Å²) in [6.45, 7) is 1.11.